The number of anilines is 1. The monoisotopic (exact) mass is 378 g/mol. The number of aromatic nitrogens is 2. The Kier molecular flexibility index (Phi) is 4.58. The summed E-state index contributed by atoms with van der Waals surface area (Å²) in [6.07, 6.45) is 3.35. The van der Waals surface area contributed by atoms with Gasteiger partial charge >= 0.3 is 6.01 Å². The van der Waals surface area contributed by atoms with Gasteiger partial charge in [0.1, 0.15) is 5.75 Å². The molecule has 4 rings (SSSR count). The van der Waals surface area contributed by atoms with Gasteiger partial charge in [-0.1, -0.05) is 5.16 Å². The third-order valence-electron chi connectivity index (χ3n) is 4.83. The summed E-state index contributed by atoms with van der Waals surface area (Å²) in [6.45, 7) is 1.82. The standard InChI is InChI=1S/C17H22N4O4S/c1-24-14-4-6-15(7-5-14)26(22,23)21-10-8-20(9-11-21)17-18-16(19-25-17)12-13-2-3-13/h4-7,13H,2-3,8-12H2,1H3. The van der Waals surface area contributed by atoms with Gasteiger partial charge in [-0.25, -0.2) is 8.42 Å². The molecule has 2 heterocycles. The van der Waals surface area contributed by atoms with Crippen molar-refractivity contribution >= 4 is 16.0 Å². The average molecular weight is 378 g/mol. The number of nitrogens with zero attached hydrogens (tertiary/aromatic N) is 4. The molecular formula is C17H22N4O4S. The molecule has 0 amide bonds. The van der Waals surface area contributed by atoms with Gasteiger partial charge in [-0.15, -0.1) is 0 Å². The molecule has 0 spiro atoms. The molecule has 2 aromatic rings. The van der Waals surface area contributed by atoms with E-state index in [1.165, 1.54) is 17.1 Å². The molecule has 0 unspecified atom stereocenters. The molecule has 9 heteroatoms. The van der Waals surface area contributed by atoms with Crippen LogP contribution in [-0.4, -0.2) is 56.2 Å². The molecular weight excluding hydrogens is 356 g/mol. The highest BCUT2D eigenvalue weighted by atomic mass is 32.2. The van der Waals surface area contributed by atoms with Crippen molar-refractivity contribution in [2.45, 2.75) is 24.2 Å². The molecule has 26 heavy (non-hydrogen) atoms. The molecule has 1 aliphatic carbocycles. The predicted molar refractivity (Wildman–Crippen MR) is 94.7 cm³/mol. The quantitative estimate of drug-likeness (QED) is 0.753. The highest BCUT2D eigenvalue weighted by molar-refractivity contribution is 7.89. The van der Waals surface area contributed by atoms with Gasteiger partial charge in [0, 0.05) is 32.6 Å². The summed E-state index contributed by atoms with van der Waals surface area (Å²) in [4.78, 5) is 6.67. The van der Waals surface area contributed by atoms with Gasteiger partial charge in [0.2, 0.25) is 10.0 Å². The molecule has 8 nitrogen and oxygen atoms in total. The van der Waals surface area contributed by atoms with Gasteiger partial charge in [0.15, 0.2) is 5.82 Å². The average Bonchev–Trinajstić information content (AvgIpc) is 3.36. The minimum Gasteiger partial charge on any atom is -0.497 e. The molecule has 2 aliphatic rings. The van der Waals surface area contributed by atoms with Crippen LogP contribution in [-0.2, 0) is 16.4 Å². The molecule has 1 saturated heterocycles. The van der Waals surface area contributed by atoms with Gasteiger partial charge in [-0.05, 0) is 43.0 Å². The van der Waals surface area contributed by atoms with Crippen LogP contribution >= 0.6 is 0 Å². The number of ether oxygens (including phenoxy) is 1. The molecule has 1 aromatic carbocycles. The van der Waals surface area contributed by atoms with Gasteiger partial charge in [0.25, 0.3) is 0 Å². The maximum absolute atomic E-state index is 12.8. The Morgan fingerprint density at radius 3 is 2.46 bits per heavy atom. The summed E-state index contributed by atoms with van der Waals surface area (Å²) in [6, 6.07) is 6.94. The Morgan fingerprint density at radius 2 is 1.85 bits per heavy atom. The second-order valence-corrected chi connectivity index (χ2v) is 8.65. The Morgan fingerprint density at radius 1 is 1.15 bits per heavy atom. The zero-order chi connectivity index (χ0) is 18.1. The van der Waals surface area contributed by atoms with Crippen LogP contribution in [0.15, 0.2) is 33.7 Å². The van der Waals surface area contributed by atoms with Crippen molar-refractivity contribution in [1.82, 2.24) is 14.4 Å². The van der Waals surface area contributed by atoms with Crippen molar-refractivity contribution in [3.05, 3.63) is 30.1 Å². The molecule has 140 valence electrons. The lowest BCUT2D eigenvalue weighted by Gasteiger charge is -2.32. The molecule has 1 aromatic heterocycles. The summed E-state index contributed by atoms with van der Waals surface area (Å²) < 4.78 is 37.5. The van der Waals surface area contributed by atoms with Crippen molar-refractivity contribution in [3.8, 4) is 5.75 Å². The van der Waals surface area contributed by atoms with E-state index in [0.717, 1.165) is 12.2 Å². The Labute approximate surface area is 152 Å². The molecule has 0 atom stereocenters. The SMILES string of the molecule is COc1ccc(S(=O)(=O)N2CCN(c3nc(CC4CC4)no3)CC2)cc1. The van der Waals surface area contributed by atoms with E-state index < -0.39 is 10.0 Å². The predicted octanol–water partition coefficient (Wildman–Crippen LogP) is 1.54. The second-order valence-electron chi connectivity index (χ2n) is 6.71. The Balaban J connectivity index is 1.39. The third-order valence-corrected chi connectivity index (χ3v) is 6.74. The fourth-order valence-corrected chi connectivity index (χ4v) is 4.47. The summed E-state index contributed by atoms with van der Waals surface area (Å²) in [5.41, 5.74) is 0. The number of piperazine rings is 1. The van der Waals surface area contributed by atoms with Crippen LogP contribution in [0.1, 0.15) is 18.7 Å². The number of hydrogen-bond acceptors (Lipinski definition) is 7. The van der Waals surface area contributed by atoms with Crippen molar-refractivity contribution in [1.29, 1.82) is 0 Å². The number of benzene rings is 1. The molecule has 1 saturated carbocycles. The van der Waals surface area contributed by atoms with E-state index in [1.807, 2.05) is 4.90 Å². The number of rotatable bonds is 6. The maximum atomic E-state index is 12.8. The first-order valence-electron chi connectivity index (χ1n) is 8.78. The van der Waals surface area contributed by atoms with Gasteiger partial charge in [-0.3, -0.25) is 0 Å². The van der Waals surface area contributed by atoms with E-state index in [2.05, 4.69) is 10.1 Å². The molecule has 1 aliphatic heterocycles. The van der Waals surface area contributed by atoms with Crippen LogP contribution in [0.2, 0.25) is 0 Å². The fraction of sp³-hybridized carbons (Fsp3) is 0.529. The first kappa shape index (κ1) is 17.3. The summed E-state index contributed by atoms with van der Waals surface area (Å²) in [5.74, 6) is 2.08. The summed E-state index contributed by atoms with van der Waals surface area (Å²) >= 11 is 0. The lowest BCUT2D eigenvalue weighted by molar-refractivity contribution is 0.353. The zero-order valence-electron chi connectivity index (χ0n) is 14.7. The first-order chi connectivity index (χ1) is 12.6. The van der Waals surface area contributed by atoms with Crippen LogP contribution in [0.5, 0.6) is 5.75 Å². The van der Waals surface area contributed by atoms with Gasteiger partial charge < -0.3 is 14.2 Å². The van der Waals surface area contributed by atoms with E-state index in [4.69, 9.17) is 9.26 Å². The molecule has 0 bridgehead atoms. The van der Waals surface area contributed by atoms with E-state index in [0.29, 0.717) is 43.9 Å². The second kappa shape index (κ2) is 6.88. The lowest BCUT2D eigenvalue weighted by atomic mass is 10.3. The smallest absolute Gasteiger partial charge is 0.324 e. The van der Waals surface area contributed by atoms with E-state index in [1.54, 1.807) is 31.4 Å². The van der Waals surface area contributed by atoms with Crippen molar-refractivity contribution in [2.24, 2.45) is 5.92 Å². The summed E-state index contributed by atoms with van der Waals surface area (Å²) in [5, 5.41) is 4.03. The van der Waals surface area contributed by atoms with Crippen LogP contribution in [0, 0.1) is 5.92 Å². The van der Waals surface area contributed by atoms with Crippen LogP contribution in [0.3, 0.4) is 0 Å². The zero-order valence-corrected chi connectivity index (χ0v) is 15.5. The first-order valence-corrected chi connectivity index (χ1v) is 10.2. The number of sulfonamides is 1. The van der Waals surface area contributed by atoms with Gasteiger partial charge in [0.05, 0.1) is 12.0 Å². The number of hydrogen-bond donors (Lipinski definition) is 0. The Hall–Kier alpha value is -2.13. The topological polar surface area (TPSA) is 88.8 Å². The van der Waals surface area contributed by atoms with Crippen molar-refractivity contribution < 1.29 is 17.7 Å². The third kappa shape index (κ3) is 3.54. The lowest BCUT2D eigenvalue weighted by Crippen LogP contribution is -2.48. The number of methoxy groups -OCH3 is 1. The minimum absolute atomic E-state index is 0.274. The molecule has 0 radical (unpaired) electrons. The van der Waals surface area contributed by atoms with Crippen molar-refractivity contribution in [3.63, 3.8) is 0 Å². The van der Waals surface area contributed by atoms with Crippen LogP contribution in [0.25, 0.3) is 0 Å². The summed E-state index contributed by atoms with van der Waals surface area (Å²) in [7, 11) is -1.96. The normalized spacial score (nSPS) is 18.9. The highest BCUT2D eigenvalue weighted by Gasteiger charge is 2.31. The van der Waals surface area contributed by atoms with E-state index in [9.17, 15) is 8.42 Å². The van der Waals surface area contributed by atoms with E-state index >= 15 is 0 Å². The van der Waals surface area contributed by atoms with Crippen molar-refractivity contribution in [2.75, 3.05) is 38.2 Å². The van der Waals surface area contributed by atoms with E-state index in [-0.39, 0.29) is 4.90 Å². The highest BCUT2D eigenvalue weighted by Crippen LogP contribution is 2.32. The molecule has 0 N–H and O–H groups in total. The Bertz CT molecular complexity index is 853. The minimum atomic E-state index is -3.51. The van der Waals surface area contributed by atoms with Crippen LogP contribution in [0.4, 0.5) is 6.01 Å². The van der Waals surface area contributed by atoms with Gasteiger partial charge in [-0.2, -0.15) is 9.29 Å². The largest absolute Gasteiger partial charge is 0.497 e. The fourth-order valence-electron chi connectivity index (χ4n) is 3.05. The molecule has 2 fully saturated rings. The van der Waals surface area contributed by atoms with Crippen LogP contribution < -0.4 is 9.64 Å². The maximum Gasteiger partial charge on any atom is 0.324 e.